The highest BCUT2D eigenvalue weighted by molar-refractivity contribution is 8.07. The summed E-state index contributed by atoms with van der Waals surface area (Å²) in [4.78, 5) is 0. The van der Waals surface area contributed by atoms with Gasteiger partial charge < -0.3 is 5.11 Å². The molecule has 1 fully saturated rings. The molecule has 1 nitrogen and oxygen atoms in total. The van der Waals surface area contributed by atoms with E-state index in [2.05, 4.69) is 6.92 Å². The molecule has 0 saturated carbocycles. The first-order valence-electron chi connectivity index (χ1n) is 3.17. The van der Waals surface area contributed by atoms with Crippen molar-refractivity contribution in [2.75, 3.05) is 18.1 Å². The van der Waals surface area contributed by atoms with Gasteiger partial charge in [0, 0.05) is 22.0 Å². The Labute approximate surface area is 64.6 Å². The average molecular weight is 164 g/mol. The highest BCUT2D eigenvalue weighted by atomic mass is 32.2. The van der Waals surface area contributed by atoms with E-state index in [1.165, 1.54) is 5.75 Å². The molecule has 1 aliphatic heterocycles. The second kappa shape index (κ2) is 3.74. The van der Waals surface area contributed by atoms with Crippen LogP contribution >= 0.6 is 23.5 Å². The highest BCUT2D eigenvalue weighted by Crippen LogP contribution is 2.28. The lowest BCUT2D eigenvalue weighted by molar-refractivity contribution is 0.301. The molecule has 3 heteroatoms. The van der Waals surface area contributed by atoms with E-state index in [-0.39, 0.29) is 0 Å². The predicted molar refractivity (Wildman–Crippen MR) is 45.3 cm³/mol. The lowest BCUT2D eigenvalue weighted by atomic mass is 10.5. The largest absolute Gasteiger partial charge is 0.395 e. The molecule has 1 N–H and O–H groups in total. The summed E-state index contributed by atoms with van der Waals surface area (Å²) in [5, 5.41) is 10.0. The molecule has 0 radical (unpaired) electrons. The summed E-state index contributed by atoms with van der Waals surface area (Å²) in [7, 11) is 0. The van der Waals surface area contributed by atoms with Gasteiger partial charge in [-0.3, -0.25) is 0 Å². The smallest absolute Gasteiger partial charge is 0.0558 e. The average Bonchev–Trinajstić information content (AvgIpc) is 1.90. The predicted octanol–water partition coefficient (Wildman–Crippen LogP) is 1.22. The van der Waals surface area contributed by atoms with Crippen LogP contribution in [0.15, 0.2) is 0 Å². The van der Waals surface area contributed by atoms with Gasteiger partial charge in [0.25, 0.3) is 0 Å². The molecule has 0 aromatic rings. The summed E-state index contributed by atoms with van der Waals surface area (Å²) in [5.41, 5.74) is 0. The third-order valence-electron chi connectivity index (χ3n) is 1.34. The molecule has 1 aliphatic rings. The van der Waals surface area contributed by atoms with Crippen LogP contribution in [0.3, 0.4) is 0 Å². The maximum atomic E-state index is 8.74. The molecule has 0 aromatic heterocycles. The standard InChI is InChI=1S/C6H12OS2/c1-5-3-9-6(2-7)4-8-5/h5-7H,2-4H2,1H3. The summed E-state index contributed by atoms with van der Waals surface area (Å²) in [5.74, 6) is 2.33. The zero-order valence-electron chi connectivity index (χ0n) is 5.54. The molecule has 1 rings (SSSR count). The normalized spacial score (nSPS) is 36.7. The van der Waals surface area contributed by atoms with E-state index < -0.39 is 0 Å². The van der Waals surface area contributed by atoms with Crippen LogP contribution in [0.4, 0.5) is 0 Å². The zero-order chi connectivity index (χ0) is 6.69. The zero-order valence-corrected chi connectivity index (χ0v) is 7.17. The topological polar surface area (TPSA) is 20.2 Å². The molecule has 0 amide bonds. The van der Waals surface area contributed by atoms with Gasteiger partial charge in [-0.05, 0) is 0 Å². The molecule has 9 heavy (non-hydrogen) atoms. The van der Waals surface area contributed by atoms with Crippen LogP contribution in [-0.2, 0) is 0 Å². The summed E-state index contributed by atoms with van der Waals surface area (Å²) in [6.07, 6.45) is 0. The van der Waals surface area contributed by atoms with Crippen LogP contribution in [0.25, 0.3) is 0 Å². The van der Waals surface area contributed by atoms with Gasteiger partial charge in [-0.1, -0.05) is 6.92 Å². The second-order valence-corrected chi connectivity index (χ2v) is 5.09. The van der Waals surface area contributed by atoms with Crippen LogP contribution in [0.1, 0.15) is 6.92 Å². The molecule has 1 heterocycles. The van der Waals surface area contributed by atoms with Gasteiger partial charge in [-0.15, -0.1) is 0 Å². The summed E-state index contributed by atoms with van der Waals surface area (Å²) in [6, 6.07) is 0. The number of hydrogen-bond acceptors (Lipinski definition) is 3. The minimum Gasteiger partial charge on any atom is -0.395 e. The second-order valence-electron chi connectivity index (χ2n) is 2.28. The highest BCUT2D eigenvalue weighted by Gasteiger charge is 2.17. The third kappa shape index (κ3) is 2.40. The van der Waals surface area contributed by atoms with Crippen LogP contribution in [-0.4, -0.2) is 33.7 Å². The molecule has 2 unspecified atom stereocenters. The number of hydrogen-bond donors (Lipinski definition) is 1. The first kappa shape index (κ1) is 7.76. The van der Waals surface area contributed by atoms with Gasteiger partial charge >= 0.3 is 0 Å². The summed E-state index contributed by atoms with van der Waals surface area (Å²) < 4.78 is 0. The Bertz CT molecular complexity index is 79.1. The lowest BCUT2D eigenvalue weighted by Gasteiger charge is -2.23. The fourth-order valence-electron chi connectivity index (χ4n) is 0.745. The van der Waals surface area contributed by atoms with E-state index in [1.807, 2.05) is 23.5 Å². The van der Waals surface area contributed by atoms with Crippen molar-refractivity contribution in [3.05, 3.63) is 0 Å². The molecule has 0 aromatic carbocycles. The SMILES string of the molecule is CC1CSC(CO)CS1. The van der Waals surface area contributed by atoms with E-state index in [9.17, 15) is 0 Å². The van der Waals surface area contributed by atoms with Gasteiger partial charge in [0.1, 0.15) is 0 Å². The van der Waals surface area contributed by atoms with Gasteiger partial charge in [0.15, 0.2) is 0 Å². The monoisotopic (exact) mass is 164 g/mol. The van der Waals surface area contributed by atoms with Crippen molar-refractivity contribution < 1.29 is 5.11 Å². The maximum absolute atomic E-state index is 8.74. The summed E-state index contributed by atoms with van der Waals surface area (Å²) in [6.45, 7) is 2.59. The van der Waals surface area contributed by atoms with Gasteiger partial charge in [-0.25, -0.2) is 0 Å². The number of aliphatic hydroxyl groups is 1. The Morgan fingerprint density at radius 2 is 2.22 bits per heavy atom. The van der Waals surface area contributed by atoms with Crippen molar-refractivity contribution in [3.8, 4) is 0 Å². The lowest BCUT2D eigenvalue weighted by Crippen LogP contribution is -2.21. The van der Waals surface area contributed by atoms with Crippen molar-refractivity contribution in [1.82, 2.24) is 0 Å². The van der Waals surface area contributed by atoms with E-state index in [0.717, 1.165) is 11.0 Å². The van der Waals surface area contributed by atoms with Crippen LogP contribution in [0.2, 0.25) is 0 Å². The van der Waals surface area contributed by atoms with Crippen molar-refractivity contribution >= 4 is 23.5 Å². The number of aliphatic hydroxyl groups excluding tert-OH is 1. The maximum Gasteiger partial charge on any atom is 0.0558 e. The van der Waals surface area contributed by atoms with Gasteiger partial charge in [-0.2, -0.15) is 23.5 Å². The molecule has 1 saturated heterocycles. The fourth-order valence-corrected chi connectivity index (χ4v) is 3.28. The molecular weight excluding hydrogens is 152 g/mol. The quantitative estimate of drug-likeness (QED) is 0.629. The first-order valence-corrected chi connectivity index (χ1v) is 5.26. The number of thioether (sulfide) groups is 2. The third-order valence-corrected chi connectivity index (χ3v) is 4.57. The molecule has 0 bridgehead atoms. The van der Waals surface area contributed by atoms with Crippen molar-refractivity contribution in [2.45, 2.75) is 17.4 Å². The molecule has 0 spiro atoms. The fraction of sp³-hybridized carbons (Fsp3) is 1.00. The molecule has 2 atom stereocenters. The first-order chi connectivity index (χ1) is 4.33. The van der Waals surface area contributed by atoms with E-state index in [4.69, 9.17) is 5.11 Å². The minimum atomic E-state index is 0.352. The van der Waals surface area contributed by atoms with Crippen molar-refractivity contribution in [1.29, 1.82) is 0 Å². The summed E-state index contributed by atoms with van der Waals surface area (Å²) >= 11 is 3.87. The Morgan fingerprint density at radius 1 is 1.44 bits per heavy atom. The number of rotatable bonds is 1. The molecule has 0 aliphatic carbocycles. The van der Waals surface area contributed by atoms with Crippen LogP contribution in [0.5, 0.6) is 0 Å². The van der Waals surface area contributed by atoms with E-state index >= 15 is 0 Å². The van der Waals surface area contributed by atoms with Crippen molar-refractivity contribution in [3.63, 3.8) is 0 Å². The Balaban J connectivity index is 2.18. The van der Waals surface area contributed by atoms with Crippen LogP contribution < -0.4 is 0 Å². The van der Waals surface area contributed by atoms with Gasteiger partial charge in [0.2, 0.25) is 0 Å². The van der Waals surface area contributed by atoms with Crippen molar-refractivity contribution in [2.24, 2.45) is 0 Å². The Kier molecular flexibility index (Phi) is 3.22. The van der Waals surface area contributed by atoms with Crippen LogP contribution in [0, 0.1) is 0 Å². The van der Waals surface area contributed by atoms with Gasteiger partial charge in [0.05, 0.1) is 6.61 Å². The molecule has 54 valence electrons. The molecular formula is C6H12OS2. The van der Waals surface area contributed by atoms with E-state index in [0.29, 0.717) is 11.9 Å². The Morgan fingerprint density at radius 3 is 2.67 bits per heavy atom. The minimum absolute atomic E-state index is 0.352. The van der Waals surface area contributed by atoms with E-state index in [1.54, 1.807) is 0 Å². The Hall–Kier alpha value is 0.660.